The number of aryl methyl sites for hydroxylation is 1. The average molecular weight is 340 g/mol. The summed E-state index contributed by atoms with van der Waals surface area (Å²) < 4.78 is 5.09. The molecule has 0 atom stereocenters. The highest BCUT2D eigenvalue weighted by molar-refractivity contribution is 6.39. The topological polar surface area (TPSA) is 67.4 Å². The Hall–Kier alpha value is -2.82. The first-order valence-electron chi connectivity index (χ1n) is 8.24. The molecule has 2 rings (SSSR count). The van der Waals surface area contributed by atoms with Gasteiger partial charge in [-0.05, 0) is 41.7 Å². The maximum atomic E-state index is 12.2. The number of rotatable bonds is 5. The molecule has 132 valence electrons. The summed E-state index contributed by atoms with van der Waals surface area (Å²) in [6.07, 6.45) is 0. The fourth-order valence-electron chi connectivity index (χ4n) is 2.52. The Morgan fingerprint density at radius 3 is 2.32 bits per heavy atom. The third-order valence-electron chi connectivity index (χ3n) is 3.98. The SMILES string of the molecule is COc1ccc(CNC(=O)C(=O)Nc2c(C)cccc2C(C)C)cc1. The Bertz CT molecular complexity index is 752. The molecule has 0 aliphatic carbocycles. The Balaban J connectivity index is 2.00. The van der Waals surface area contributed by atoms with E-state index in [1.165, 1.54) is 0 Å². The summed E-state index contributed by atoms with van der Waals surface area (Å²) in [5.41, 5.74) is 3.54. The highest BCUT2D eigenvalue weighted by atomic mass is 16.5. The first-order chi connectivity index (χ1) is 11.9. The van der Waals surface area contributed by atoms with Crippen LogP contribution in [0.5, 0.6) is 5.75 Å². The molecule has 2 aromatic rings. The van der Waals surface area contributed by atoms with Crippen LogP contribution < -0.4 is 15.4 Å². The van der Waals surface area contributed by atoms with E-state index in [0.29, 0.717) is 5.69 Å². The molecule has 0 saturated heterocycles. The monoisotopic (exact) mass is 340 g/mol. The summed E-state index contributed by atoms with van der Waals surface area (Å²) in [6.45, 7) is 6.29. The molecular weight excluding hydrogens is 316 g/mol. The van der Waals surface area contributed by atoms with E-state index >= 15 is 0 Å². The lowest BCUT2D eigenvalue weighted by Gasteiger charge is -2.16. The van der Waals surface area contributed by atoms with Crippen molar-refractivity contribution in [2.24, 2.45) is 0 Å². The lowest BCUT2D eigenvalue weighted by Crippen LogP contribution is -2.35. The average Bonchev–Trinajstić information content (AvgIpc) is 2.61. The second kappa shape index (κ2) is 8.33. The maximum Gasteiger partial charge on any atom is 0.313 e. The summed E-state index contributed by atoms with van der Waals surface area (Å²) in [6, 6.07) is 13.1. The van der Waals surface area contributed by atoms with E-state index in [1.54, 1.807) is 7.11 Å². The van der Waals surface area contributed by atoms with Crippen molar-refractivity contribution >= 4 is 17.5 Å². The normalized spacial score (nSPS) is 10.4. The molecule has 2 aromatic carbocycles. The standard InChI is InChI=1S/C20H24N2O3/c1-13(2)17-7-5-6-14(3)18(17)22-20(24)19(23)21-12-15-8-10-16(25-4)11-9-15/h5-11,13H,12H2,1-4H3,(H,21,23)(H,22,24). The van der Waals surface area contributed by atoms with E-state index in [4.69, 9.17) is 4.74 Å². The van der Waals surface area contributed by atoms with Crippen molar-refractivity contribution in [1.29, 1.82) is 0 Å². The number of para-hydroxylation sites is 1. The van der Waals surface area contributed by atoms with Gasteiger partial charge in [0, 0.05) is 12.2 Å². The van der Waals surface area contributed by atoms with Crippen LogP contribution >= 0.6 is 0 Å². The lowest BCUT2D eigenvalue weighted by atomic mass is 9.98. The van der Waals surface area contributed by atoms with Gasteiger partial charge in [-0.3, -0.25) is 9.59 Å². The highest BCUT2D eigenvalue weighted by Crippen LogP contribution is 2.27. The van der Waals surface area contributed by atoms with Crippen LogP contribution in [0.4, 0.5) is 5.69 Å². The van der Waals surface area contributed by atoms with Crippen molar-refractivity contribution in [3.8, 4) is 5.75 Å². The van der Waals surface area contributed by atoms with E-state index in [0.717, 1.165) is 22.4 Å². The third kappa shape index (κ3) is 4.83. The van der Waals surface area contributed by atoms with Crippen LogP contribution in [0.1, 0.15) is 36.5 Å². The predicted octanol–water partition coefficient (Wildman–Crippen LogP) is 3.38. The Morgan fingerprint density at radius 1 is 1.04 bits per heavy atom. The van der Waals surface area contributed by atoms with Gasteiger partial charge in [-0.15, -0.1) is 0 Å². The van der Waals surface area contributed by atoms with Crippen molar-refractivity contribution in [2.45, 2.75) is 33.2 Å². The van der Waals surface area contributed by atoms with Crippen LogP contribution in [0.3, 0.4) is 0 Å². The van der Waals surface area contributed by atoms with E-state index in [9.17, 15) is 9.59 Å². The van der Waals surface area contributed by atoms with Gasteiger partial charge in [-0.2, -0.15) is 0 Å². The first kappa shape index (κ1) is 18.5. The molecule has 5 heteroatoms. The summed E-state index contributed by atoms with van der Waals surface area (Å²) in [7, 11) is 1.60. The molecule has 2 amide bonds. The van der Waals surface area contributed by atoms with Gasteiger partial charge in [0.1, 0.15) is 5.75 Å². The molecule has 0 radical (unpaired) electrons. The van der Waals surface area contributed by atoms with Gasteiger partial charge in [-0.1, -0.05) is 44.2 Å². The molecule has 0 bridgehead atoms. The van der Waals surface area contributed by atoms with Crippen LogP contribution in [0.25, 0.3) is 0 Å². The molecule has 2 N–H and O–H groups in total. The number of ether oxygens (including phenoxy) is 1. The zero-order valence-corrected chi connectivity index (χ0v) is 15.1. The van der Waals surface area contributed by atoms with E-state index in [-0.39, 0.29) is 12.5 Å². The van der Waals surface area contributed by atoms with Gasteiger partial charge in [0.2, 0.25) is 0 Å². The molecule has 0 aliphatic rings. The van der Waals surface area contributed by atoms with Gasteiger partial charge in [0.15, 0.2) is 0 Å². The van der Waals surface area contributed by atoms with Crippen LogP contribution in [0.2, 0.25) is 0 Å². The number of hydrogen-bond donors (Lipinski definition) is 2. The van der Waals surface area contributed by atoms with Gasteiger partial charge < -0.3 is 15.4 Å². The van der Waals surface area contributed by atoms with E-state index < -0.39 is 11.8 Å². The van der Waals surface area contributed by atoms with Crippen LogP contribution in [0, 0.1) is 6.92 Å². The van der Waals surface area contributed by atoms with E-state index in [1.807, 2.05) is 63.2 Å². The third-order valence-corrected chi connectivity index (χ3v) is 3.98. The summed E-state index contributed by atoms with van der Waals surface area (Å²) >= 11 is 0. The molecule has 0 aromatic heterocycles. The number of nitrogens with one attached hydrogen (secondary N) is 2. The van der Waals surface area contributed by atoms with Crippen molar-refractivity contribution in [2.75, 3.05) is 12.4 Å². The van der Waals surface area contributed by atoms with Crippen LogP contribution in [0.15, 0.2) is 42.5 Å². The largest absolute Gasteiger partial charge is 0.497 e. The number of carbonyl (C=O) groups excluding carboxylic acids is 2. The maximum absolute atomic E-state index is 12.2. The van der Waals surface area contributed by atoms with Crippen molar-refractivity contribution < 1.29 is 14.3 Å². The molecule has 0 fully saturated rings. The Labute approximate surface area is 148 Å². The second-order valence-corrected chi connectivity index (χ2v) is 6.18. The predicted molar refractivity (Wildman–Crippen MR) is 98.7 cm³/mol. The molecule has 0 unspecified atom stereocenters. The number of benzene rings is 2. The second-order valence-electron chi connectivity index (χ2n) is 6.18. The molecular formula is C20H24N2O3. The number of hydrogen-bond acceptors (Lipinski definition) is 3. The number of carbonyl (C=O) groups is 2. The summed E-state index contributed by atoms with van der Waals surface area (Å²) in [4.78, 5) is 24.3. The van der Waals surface area contributed by atoms with Crippen LogP contribution in [-0.4, -0.2) is 18.9 Å². The molecule has 0 heterocycles. The number of amides is 2. The number of anilines is 1. The van der Waals surface area contributed by atoms with Crippen LogP contribution in [-0.2, 0) is 16.1 Å². The fraction of sp³-hybridized carbons (Fsp3) is 0.300. The lowest BCUT2D eigenvalue weighted by molar-refractivity contribution is -0.136. The fourth-order valence-corrected chi connectivity index (χ4v) is 2.52. The smallest absolute Gasteiger partial charge is 0.313 e. The summed E-state index contributed by atoms with van der Waals surface area (Å²) in [5.74, 6) is -0.329. The minimum atomic E-state index is -0.662. The molecule has 5 nitrogen and oxygen atoms in total. The molecule has 25 heavy (non-hydrogen) atoms. The summed E-state index contributed by atoms with van der Waals surface area (Å²) in [5, 5.41) is 5.38. The van der Waals surface area contributed by atoms with Gasteiger partial charge in [0.05, 0.1) is 7.11 Å². The van der Waals surface area contributed by atoms with Gasteiger partial charge in [0.25, 0.3) is 0 Å². The van der Waals surface area contributed by atoms with E-state index in [2.05, 4.69) is 10.6 Å². The quantitative estimate of drug-likeness (QED) is 0.820. The first-order valence-corrected chi connectivity index (χ1v) is 8.24. The Kier molecular flexibility index (Phi) is 6.17. The zero-order chi connectivity index (χ0) is 18.4. The number of methoxy groups -OCH3 is 1. The zero-order valence-electron chi connectivity index (χ0n) is 15.1. The molecule has 0 spiro atoms. The molecule has 0 saturated carbocycles. The Morgan fingerprint density at radius 2 is 1.72 bits per heavy atom. The van der Waals surface area contributed by atoms with Gasteiger partial charge in [-0.25, -0.2) is 0 Å². The highest BCUT2D eigenvalue weighted by Gasteiger charge is 2.17. The molecule has 0 aliphatic heterocycles. The minimum absolute atomic E-state index is 0.248. The van der Waals surface area contributed by atoms with Crippen molar-refractivity contribution in [3.05, 3.63) is 59.2 Å². The minimum Gasteiger partial charge on any atom is -0.497 e. The van der Waals surface area contributed by atoms with Crippen molar-refractivity contribution in [3.63, 3.8) is 0 Å². The van der Waals surface area contributed by atoms with Gasteiger partial charge >= 0.3 is 11.8 Å². The van der Waals surface area contributed by atoms with Crippen molar-refractivity contribution in [1.82, 2.24) is 5.32 Å².